The fraction of sp³-hybridized carbons (Fsp3) is 0.304. The molecule has 4 rings (SSSR count). The first-order valence-electron chi connectivity index (χ1n) is 11.4. The van der Waals surface area contributed by atoms with Crippen LogP contribution in [0.25, 0.3) is 0 Å². The molecule has 2 aromatic carbocycles. The Morgan fingerprint density at radius 3 is 2.44 bits per heavy atom. The molecule has 1 aliphatic rings. The molecule has 1 fully saturated rings. The third kappa shape index (κ3) is 6.61. The van der Waals surface area contributed by atoms with Gasteiger partial charge >= 0.3 is 5.69 Å². The van der Waals surface area contributed by atoms with Gasteiger partial charge in [0.25, 0.3) is 5.69 Å². The van der Waals surface area contributed by atoms with E-state index in [1.54, 1.807) is 30.3 Å². The van der Waals surface area contributed by atoms with Crippen molar-refractivity contribution in [1.82, 2.24) is 20.2 Å². The molecular weight excluding hydrogens is 468 g/mol. The van der Waals surface area contributed by atoms with Gasteiger partial charge in [-0.1, -0.05) is 18.2 Å². The number of nitrogens with zero attached hydrogens (tertiary/aromatic N) is 5. The zero-order chi connectivity index (χ0) is 25.3. The van der Waals surface area contributed by atoms with Crippen molar-refractivity contribution in [2.45, 2.75) is 6.54 Å². The Labute approximate surface area is 206 Å². The van der Waals surface area contributed by atoms with Gasteiger partial charge in [0.2, 0.25) is 11.8 Å². The molecule has 13 heteroatoms. The fourth-order valence-corrected chi connectivity index (χ4v) is 3.71. The number of hydrogen-bond donors (Lipinski definition) is 3. The van der Waals surface area contributed by atoms with Gasteiger partial charge in [0, 0.05) is 56.6 Å². The number of anilines is 3. The highest BCUT2D eigenvalue weighted by Gasteiger charge is 2.19. The van der Waals surface area contributed by atoms with Crippen LogP contribution in [0.5, 0.6) is 5.75 Å². The topological polar surface area (TPSA) is 161 Å². The Morgan fingerprint density at radius 1 is 1.00 bits per heavy atom. The number of piperazine rings is 1. The molecule has 0 saturated carbocycles. The van der Waals surface area contributed by atoms with E-state index in [-0.39, 0.29) is 29.7 Å². The summed E-state index contributed by atoms with van der Waals surface area (Å²) >= 11 is 0. The zero-order valence-corrected chi connectivity index (χ0v) is 19.4. The molecule has 3 N–H and O–H groups in total. The lowest BCUT2D eigenvalue weighted by molar-refractivity contribution is -0.385. The van der Waals surface area contributed by atoms with E-state index < -0.39 is 9.85 Å². The monoisotopic (exact) mass is 494 g/mol. The Balaban J connectivity index is 1.38. The van der Waals surface area contributed by atoms with Gasteiger partial charge in [-0.3, -0.25) is 25.1 Å². The number of ether oxygens (including phenoxy) is 1. The van der Waals surface area contributed by atoms with Gasteiger partial charge in [0.05, 0.1) is 9.85 Å². The quantitative estimate of drug-likeness (QED) is 0.265. The van der Waals surface area contributed by atoms with Crippen molar-refractivity contribution in [1.29, 1.82) is 0 Å². The molecule has 13 nitrogen and oxygen atoms in total. The van der Waals surface area contributed by atoms with E-state index in [0.717, 1.165) is 44.7 Å². The lowest BCUT2D eigenvalue weighted by Gasteiger charge is -2.26. The van der Waals surface area contributed by atoms with E-state index >= 15 is 0 Å². The van der Waals surface area contributed by atoms with Gasteiger partial charge in [-0.25, -0.2) is 4.98 Å². The summed E-state index contributed by atoms with van der Waals surface area (Å²) in [5.74, 6) is 0.814. The fourth-order valence-electron chi connectivity index (χ4n) is 3.71. The highest BCUT2D eigenvalue weighted by atomic mass is 16.6. The minimum Gasteiger partial charge on any atom is -0.492 e. The van der Waals surface area contributed by atoms with Crippen LogP contribution in [0.3, 0.4) is 0 Å². The molecule has 1 aliphatic heterocycles. The van der Waals surface area contributed by atoms with Crippen LogP contribution in [0.15, 0.2) is 54.7 Å². The molecule has 1 saturated heterocycles. The summed E-state index contributed by atoms with van der Waals surface area (Å²) in [4.78, 5) is 32.2. The van der Waals surface area contributed by atoms with Crippen LogP contribution < -0.4 is 20.7 Å². The molecule has 0 unspecified atom stereocenters. The molecule has 1 aromatic heterocycles. The van der Waals surface area contributed by atoms with E-state index in [1.807, 2.05) is 12.1 Å². The lowest BCUT2D eigenvalue weighted by Crippen LogP contribution is -2.44. The highest BCUT2D eigenvalue weighted by Crippen LogP contribution is 2.26. The van der Waals surface area contributed by atoms with E-state index in [0.29, 0.717) is 17.9 Å². The number of nitrogens with one attached hydrogen (secondary N) is 3. The SMILES string of the molecule is O=[N+]([O-])c1ccccc1CNc1nc(Nc2ccc(OCCN3CCNCC3)cc2)ncc1[N+](=O)[O-]. The third-order valence-corrected chi connectivity index (χ3v) is 5.60. The van der Waals surface area contributed by atoms with Crippen molar-refractivity contribution in [2.24, 2.45) is 0 Å². The molecule has 0 atom stereocenters. The number of hydrogen-bond acceptors (Lipinski definition) is 11. The van der Waals surface area contributed by atoms with Crippen molar-refractivity contribution < 1.29 is 14.6 Å². The minimum absolute atomic E-state index is 0.0194. The van der Waals surface area contributed by atoms with Gasteiger partial charge in [0.1, 0.15) is 18.6 Å². The Hall–Kier alpha value is -4.36. The average Bonchev–Trinajstić information content (AvgIpc) is 2.89. The van der Waals surface area contributed by atoms with Crippen LogP contribution in [-0.2, 0) is 6.54 Å². The van der Waals surface area contributed by atoms with Gasteiger partial charge in [-0.15, -0.1) is 0 Å². The van der Waals surface area contributed by atoms with Crippen LogP contribution >= 0.6 is 0 Å². The maximum atomic E-state index is 11.4. The van der Waals surface area contributed by atoms with E-state index in [1.165, 1.54) is 6.07 Å². The van der Waals surface area contributed by atoms with Crippen LogP contribution in [0.2, 0.25) is 0 Å². The van der Waals surface area contributed by atoms with Crippen LogP contribution in [-0.4, -0.2) is 64.0 Å². The molecule has 3 aromatic rings. The van der Waals surface area contributed by atoms with Gasteiger partial charge in [-0.2, -0.15) is 4.98 Å². The predicted octanol–water partition coefficient (Wildman–Crippen LogP) is 2.93. The minimum atomic E-state index is -0.613. The Bertz CT molecular complexity index is 1200. The molecule has 0 aliphatic carbocycles. The maximum absolute atomic E-state index is 11.4. The summed E-state index contributed by atoms with van der Waals surface area (Å²) in [6.45, 7) is 5.45. The molecule has 0 radical (unpaired) electrons. The van der Waals surface area contributed by atoms with Crippen LogP contribution in [0.4, 0.5) is 28.8 Å². The van der Waals surface area contributed by atoms with Gasteiger partial charge in [0.15, 0.2) is 0 Å². The van der Waals surface area contributed by atoms with Crippen molar-refractivity contribution in [3.05, 3.63) is 80.5 Å². The molecule has 2 heterocycles. The smallest absolute Gasteiger partial charge is 0.329 e. The number of rotatable bonds is 11. The number of benzene rings is 2. The van der Waals surface area contributed by atoms with Gasteiger partial charge < -0.3 is 20.7 Å². The van der Waals surface area contributed by atoms with E-state index in [2.05, 4.69) is 30.8 Å². The summed E-state index contributed by atoms with van der Waals surface area (Å²) in [5, 5.41) is 31.8. The van der Waals surface area contributed by atoms with E-state index in [4.69, 9.17) is 4.74 Å². The maximum Gasteiger partial charge on any atom is 0.329 e. The normalized spacial score (nSPS) is 13.7. The zero-order valence-electron chi connectivity index (χ0n) is 19.4. The average molecular weight is 495 g/mol. The van der Waals surface area contributed by atoms with E-state index in [9.17, 15) is 20.2 Å². The summed E-state index contributed by atoms with van der Waals surface area (Å²) in [5.41, 5.74) is 0.614. The first-order chi connectivity index (χ1) is 17.5. The molecule has 0 spiro atoms. The van der Waals surface area contributed by atoms with Crippen LogP contribution in [0.1, 0.15) is 5.56 Å². The molecule has 0 amide bonds. The molecule has 36 heavy (non-hydrogen) atoms. The largest absolute Gasteiger partial charge is 0.492 e. The van der Waals surface area contributed by atoms with Crippen molar-refractivity contribution in [3.63, 3.8) is 0 Å². The lowest BCUT2D eigenvalue weighted by atomic mass is 10.2. The third-order valence-electron chi connectivity index (χ3n) is 5.60. The van der Waals surface area contributed by atoms with Gasteiger partial charge in [-0.05, 0) is 24.3 Å². The van der Waals surface area contributed by atoms with Crippen molar-refractivity contribution in [2.75, 3.05) is 50.0 Å². The summed E-state index contributed by atoms with van der Waals surface area (Å²) in [7, 11) is 0. The highest BCUT2D eigenvalue weighted by molar-refractivity contribution is 5.61. The second-order valence-electron chi connectivity index (χ2n) is 8.01. The predicted molar refractivity (Wildman–Crippen MR) is 134 cm³/mol. The first-order valence-corrected chi connectivity index (χ1v) is 11.4. The summed E-state index contributed by atoms with van der Waals surface area (Å²) in [6, 6.07) is 13.4. The molecular formula is C23H26N8O5. The second-order valence-corrected chi connectivity index (χ2v) is 8.01. The number of nitro groups is 2. The standard InChI is InChI=1S/C23H26N8O5/c32-30(33)20-4-2-1-3-17(20)15-25-22-21(31(34)35)16-26-23(28-22)27-18-5-7-19(8-6-18)36-14-13-29-11-9-24-10-12-29/h1-8,16,24H,9-15H2,(H2,25,26,27,28). The molecule has 188 valence electrons. The van der Waals surface area contributed by atoms with Crippen molar-refractivity contribution in [3.8, 4) is 5.75 Å². The number of aromatic nitrogens is 2. The summed E-state index contributed by atoms with van der Waals surface area (Å²) < 4.78 is 5.82. The van der Waals surface area contributed by atoms with Crippen LogP contribution in [0, 0.1) is 20.2 Å². The Kier molecular flexibility index (Phi) is 8.16. The number of nitro benzene ring substituents is 1. The Morgan fingerprint density at radius 2 is 1.72 bits per heavy atom. The first kappa shape index (κ1) is 24.8. The number of para-hydroxylation sites is 1. The second kappa shape index (κ2) is 11.9. The summed E-state index contributed by atoms with van der Waals surface area (Å²) in [6.07, 6.45) is 1.09. The molecule has 0 bridgehead atoms. The van der Waals surface area contributed by atoms with Crippen molar-refractivity contribution >= 4 is 28.8 Å².